The lowest BCUT2D eigenvalue weighted by Gasteiger charge is -2.41. The number of aliphatic hydroxyl groups excluding tert-OH is 1. The van der Waals surface area contributed by atoms with Crippen molar-refractivity contribution in [2.75, 3.05) is 26.2 Å². The quantitative estimate of drug-likeness (QED) is 0.263. The van der Waals surface area contributed by atoms with Gasteiger partial charge in [0.2, 0.25) is 17.7 Å². The number of aliphatic hydroxyl groups is 1. The summed E-state index contributed by atoms with van der Waals surface area (Å²) in [7, 11) is 0. The van der Waals surface area contributed by atoms with E-state index in [1.165, 1.54) is 6.42 Å². The summed E-state index contributed by atoms with van der Waals surface area (Å²) in [5.74, 6) is -1.13. The van der Waals surface area contributed by atoms with E-state index in [4.69, 9.17) is 0 Å². The molecule has 3 saturated heterocycles. The van der Waals surface area contributed by atoms with Gasteiger partial charge >= 0.3 is 0 Å². The van der Waals surface area contributed by atoms with Gasteiger partial charge in [0, 0.05) is 43.6 Å². The van der Waals surface area contributed by atoms with Gasteiger partial charge in [-0.1, -0.05) is 61.7 Å². The molecule has 42 heavy (non-hydrogen) atoms. The zero-order valence-corrected chi connectivity index (χ0v) is 25.9. The fraction of sp³-hybridized carbons (Fsp3) is 0.618. The third-order valence-electron chi connectivity index (χ3n) is 10.1. The fourth-order valence-corrected chi connectivity index (χ4v) is 10.6. The SMILES string of the molecule is C=CCN(Cc1ccccc1)C(=O)[C@H]1[C@H]2C(=O)N(CCCCO)C(C(=O)N(CC=C)C3CCCCC3)C23CC[C@]1(C)S3. The lowest BCUT2D eigenvalue weighted by atomic mass is 9.66. The largest absolute Gasteiger partial charge is 0.396 e. The van der Waals surface area contributed by atoms with Gasteiger partial charge in [-0.15, -0.1) is 24.9 Å². The van der Waals surface area contributed by atoms with Crippen LogP contribution in [0.1, 0.15) is 70.3 Å². The Hall–Kier alpha value is -2.58. The molecular formula is C34H47N3O4S. The third-order valence-corrected chi connectivity index (χ3v) is 12.1. The molecule has 7 nitrogen and oxygen atoms in total. The molecule has 1 N–H and O–H groups in total. The summed E-state index contributed by atoms with van der Waals surface area (Å²) in [6.45, 7) is 11.8. The number of carbonyl (C=O) groups is 3. The molecule has 1 aliphatic carbocycles. The molecule has 2 bridgehead atoms. The number of rotatable bonds is 13. The topological polar surface area (TPSA) is 81.2 Å². The zero-order chi connectivity index (χ0) is 29.9. The number of fused-ring (bicyclic) bond motifs is 1. The van der Waals surface area contributed by atoms with Crippen molar-refractivity contribution >= 4 is 29.5 Å². The highest BCUT2D eigenvalue weighted by atomic mass is 32.2. The standard InChI is InChI=1S/C34H47N3O4S/c1-4-20-35(24-25-14-8-6-9-15-25)30(39)27-28-31(40)37(22-12-13-23-38)29(34(28)19-18-33(27,3)42-34)32(41)36(21-5-2)26-16-10-7-11-17-26/h4-6,8-9,14-15,26-29,38H,1-2,7,10-13,16-24H2,3H3/t27-,28+,29?,33+,34?/m1/s1. The van der Waals surface area contributed by atoms with E-state index in [9.17, 15) is 19.5 Å². The number of thioether (sulfide) groups is 1. The molecule has 1 spiro atoms. The van der Waals surface area contributed by atoms with Crippen molar-refractivity contribution in [3.63, 3.8) is 0 Å². The predicted molar refractivity (Wildman–Crippen MR) is 168 cm³/mol. The zero-order valence-electron chi connectivity index (χ0n) is 25.1. The second kappa shape index (κ2) is 13.0. The Kier molecular flexibility index (Phi) is 9.53. The molecule has 3 amide bonds. The molecule has 2 unspecified atom stereocenters. The normalized spacial score (nSPS) is 30.3. The summed E-state index contributed by atoms with van der Waals surface area (Å²) in [5, 5.41) is 9.50. The van der Waals surface area contributed by atoms with Crippen LogP contribution in [-0.4, -0.2) is 85.3 Å². The lowest BCUT2D eigenvalue weighted by molar-refractivity contribution is -0.146. The van der Waals surface area contributed by atoms with Crippen molar-refractivity contribution in [2.24, 2.45) is 11.8 Å². The molecule has 1 aromatic rings. The Balaban J connectivity index is 1.51. The van der Waals surface area contributed by atoms with E-state index in [0.29, 0.717) is 39.0 Å². The molecule has 5 rings (SSSR count). The van der Waals surface area contributed by atoms with Crippen molar-refractivity contribution in [3.05, 3.63) is 61.2 Å². The first-order valence-electron chi connectivity index (χ1n) is 15.8. The first-order chi connectivity index (χ1) is 20.3. The smallest absolute Gasteiger partial charge is 0.247 e. The van der Waals surface area contributed by atoms with Crippen LogP contribution in [0.4, 0.5) is 0 Å². The van der Waals surface area contributed by atoms with Crippen LogP contribution in [0, 0.1) is 11.8 Å². The van der Waals surface area contributed by atoms with Gasteiger partial charge in [-0.2, -0.15) is 0 Å². The number of hydrogen-bond donors (Lipinski definition) is 1. The molecule has 4 aliphatic rings. The Morgan fingerprint density at radius 1 is 1.05 bits per heavy atom. The number of likely N-dealkylation sites (tertiary alicyclic amines) is 1. The maximum Gasteiger partial charge on any atom is 0.247 e. The Labute approximate surface area is 255 Å². The van der Waals surface area contributed by atoms with E-state index in [2.05, 4.69) is 20.1 Å². The van der Waals surface area contributed by atoms with Crippen LogP contribution in [0.15, 0.2) is 55.6 Å². The minimum atomic E-state index is -0.636. The minimum Gasteiger partial charge on any atom is -0.396 e. The highest BCUT2D eigenvalue weighted by Crippen LogP contribution is 2.71. The summed E-state index contributed by atoms with van der Waals surface area (Å²) in [6.07, 6.45) is 11.6. The maximum atomic E-state index is 14.7. The molecule has 1 saturated carbocycles. The van der Waals surface area contributed by atoms with Gasteiger partial charge in [0.15, 0.2) is 0 Å². The van der Waals surface area contributed by atoms with Crippen molar-refractivity contribution in [1.82, 2.24) is 14.7 Å². The Morgan fingerprint density at radius 2 is 1.76 bits per heavy atom. The van der Waals surface area contributed by atoms with E-state index in [1.54, 1.807) is 28.8 Å². The molecular weight excluding hydrogens is 546 g/mol. The second-order valence-electron chi connectivity index (χ2n) is 12.8. The van der Waals surface area contributed by atoms with Crippen molar-refractivity contribution in [1.29, 1.82) is 0 Å². The van der Waals surface area contributed by atoms with Gasteiger partial charge < -0.3 is 19.8 Å². The Morgan fingerprint density at radius 3 is 2.43 bits per heavy atom. The summed E-state index contributed by atoms with van der Waals surface area (Å²) >= 11 is 1.74. The van der Waals surface area contributed by atoms with Crippen molar-refractivity contribution < 1.29 is 19.5 Å². The molecule has 228 valence electrons. The van der Waals surface area contributed by atoms with Gasteiger partial charge in [0.25, 0.3) is 0 Å². The average molecular weight is 594 g/mol. The Bertz CT molecular complexity index is 1170. The molecule has 0 aromatic heterocycles. The van der Waals surface area contributed by atoms with E-state index in [1.807, 2.05) is 40.1 Å². The van der Waals surface area contributed by atoms with Gasteiger partial charge in [0.05, 0.1) is 16.6 Å². The number of benzene rings is 1. The fourth-order valence-electron chi connectivity index (χ4n) is 8.21. The third kappa shape index (κ3) is 5.45. The highest BCUT2D eigenvalue weighted by Gasteiger charge is 2.77. The van der Waals surface area contributed by atoms with Crippen LogP contribution < -0.4 is 0 Å². The van der Waals surface area contributed by atoms with Crippen LogP contribution in [0.2, 0.25) is 0 Å². The minimum absolute atomic E-state index is 0.0127. The van der Waals surface area contributed by atoms with Crippen LogP contribution in [0.5, 0.6) is 0 Å². The number of unbranched alkanes of at least 4 members (excludes halogenated alkanes) is 1. The van der Waals surface area contributed by atoms with Crippen molar-refractivity contribution in [2.45, 2.75) is 92.8 Å². The van der Waals surface area contributed by atoms with Crippen LogP contribution >= 0.6 is 11.8 Å². The van der Waals surface area contributed by atoms with Gasteiger partial charge in [-0.3, -0.25) is 14.4 Å². The lowest BCUT2D eigenvalue weighted by Crippen LogP contribution is -2.57. The maximum absolute atomic E-state index is 14.7. The second-order valence-corrected chi connectivity index (χ2v) is 14.7. The molecule has 8 heteroatoms. The number of hydrogen-bond acceptors (Lipinski definition) is 5. The average Bonchev–Trinajstić information content (AvgIpc) is 3.56. The molecule has 1 aromatic carbocycles. The van der Waals surface area contributed by atoms with E-state index >= 15 is 0 Å². The number of carbonyl (C=O) groups excluding carboxylic acids is 3. The molecule has 4 fully saturated rings. The van der Waals surface area contributed by atoms with Crippen LogP contribution in [0.25, 0.3) is 0 Å². The number of amides is 3. The number of nitrogens with zero attached hydrogens (tertiary/aromatic N) is 3. The summed E-state index contributed by atoms with van der Waals surface area (Å²) in [4.78, 5) is 49.3. The monoisotopic (exact) mass is 593 g/mol. The first kappa shape index (κ1) is 30.9. The molecule has 3 aliphatic heterocycles. The van der Waals surface area contributed by atoms with Gasteiger partial charge in [-0.05, 0) is 51.0 Å². The summed E-state index contributed by atoms with van der Waals surface area (Å²) in [6, 6.07) is 9.47. The van der Waals surface area contributed by atoms with Crippen molar-refractivity contribution in [3.8, 4) is 0 Å². The van der Waals surface area contributed by atoms with E-state index < -0.39 is 27.4 Å². The highest BCUT2D eigenvalue weighted by molar-refractivity contribution is 8.02. The molecule has 3 heterocycles. The van der Waals surface area contributed by atoms with Crippen LogP contribution in [-0.2, 0) is 20.9 Å². The van der Waals surface area contributed by atoms with Crippen LogP contribution in [0.3, 0.4) is 0 Å². The van der Waals surface area contributed by atoms with E-state index in [-0.39, 0.29) is 30.4 Å². The summed E-state index contributed by atoms with van der Waals surface area (Å²) in [5.41, 5.74) is 1.03. The van der Waals surface area contributed by atoms with E-state index in [0.717, 1.165) is 44.1 Å². The molecule has 0 radical (unpaired) electrons. The summed E-state index contributed by atoms with van der Waals surface area (Å²) < 4.78 is -1.06. The van der Waals surface area contributed by atoms with Gasteiger partial charge in [-0.25, -0.2) is 0 Å². The first-order valence-corrected chi connectivity index (χ1v) is 16.6. The predicted octanol–water partition coefficient (Wildman–Crippen LogP) is 4.80. The van der Waals surface area contributed by atoms with Gasteiger partial charge in [0.1, 0.15) is 6.04 Å². The molecule has 5 atom stereocenters.